The van der Waals surface area contributed by atoms with Gasteiger partial charge in [0, 0.05) is 24.6 Å². The van der Waals surface area contributed by atoms with E-state index in [1.807, 2.05) is 0 Å². The molecule has 1 aliphatic carbocycles. The summed E-state index contributed by atoms with van der Waals surface area (Å²) in [6.07, 6.45) is 0.283. The second kappa shape index (κ2) is 5.73. The van der Waals surface area contributed by atoms with Crippen molar-refractivity contribution in [2.24, 2.45) is 0 Å². The second-order valence-corrected chi connectivity index (χ2v) is 5.30. The normalized spacial score (nSPS) is 18.2. The van der Waals surface area contributed by atoms with Crippen molar-refractivity contribution in [3.8, 4) is 0 Å². The number of aliphatic hydroxyl groups excluding tert-OH is 1. The molecule has 0 bridgehead atoms. The zero-order valence-electron chi connectivity index (χ0n) is 11.2. The van der Waals surface area contributed by atoms with Crippen molar-refractivity contribution in [3.05, 3.63) is 71.0 Å². The lowest BCUT2D eigenvalue weighted by atomic mass is 9.77. The molecule has 0 radical (unpaired) electrons. The highest BCUT2D eigenvalue weighted by atomic mass is 19.1. The Morgan fingerprint density at radius 2 is 1.90 bits per heavy atom. The molecule has 2 nitrogen and oxygen atoms in total. The van der Waals surface area contributed by atoms with Crippen molar-refractivity contribution in [3.63, 3.8) is 0 Å². The number of benzene rings is 2. The van der Waals surface area contributed by atoms with Gasteiger partial charge in [-0.2, -0.15) is 0 Å². The zero-order valence-corrected chi connectivity index (χ0v) is 11.2. The molecule has 2 aromatic rings. The predicted molar refractivity (Wildman–Crippen MR) is 77.1 cm³/mol. The molecule has 3 heteroatoms. The smallest absolute Gasteiger partial charge is 0.129 e. The zero-order chi connectivity index (χ0) is 13.9. The molecule has 0 saturated heterocycles. The van der Waals surface area contributed by atoms with Crippen LogP contribution in [0.5, 0.6) is 0 Å². The first-order valence-electron chi connectivity index (χ1n) is 6.96. The van der Waals surface area contributed by atoms with E-state index in [1.54, 1.807) is 18.2 Å². The lowest BCUT2D eigenvalue weighted by Gasteiger charge is -2.30. The van der Waals surface area contributed by atoms with Crippen molar-refractivity contribution in [1.29, 1.82) is 0 Å². The largest absolute Gasteiger partial charge is 0.387 e. The van der Waals surface area contributed by atoms with Gasteiger partial charge >= 0.3 is 0 Å². The summed E-state index contributed by atoms with van der Waals surface area (Å²) in [5.74, 6) is 0.162. The average Bonchev–Trinajstić information content (AvgIpc) is 2.44. The highest BCUT2D eigenvalue weighted by Gasteiger charge is 2.25. The van der Waals surface area contributed by atoms with Crippen LogP contribution in [-0.2, 0) is 6.42 Å². The number of fused-ring (bicyclic) bond motifs is 1. The fourth-order valence-corrected chi connectivity index (χ4v) is 2.79. The summed E-state index contributed by atoms with van der Waals surface area (Å²) >= 11 is 0. The lowest BCUT2D eigenvalue weighted by molar-refractivity contribution is 0.169. The summed E-state index contributed by atoms with van der Waals surface area (Å²) < 4.78 is 13.5. The van der Waals surface area contributed by atoms with Crippen LogP contribution in [0.3, 0.4) is 0 Å². The molecular formula is C17H18FNO. The molecule has 2 N–H and O–H groups in total. The number of rotatable bonds is 5. The molecule has 0 amide bonds. The van der Waals surface area contributed by atoms with Crippen LogP contribution < -0.4 is 5.32 Å². The van der Waals surface area contributed by atoms with E-state index < -0.39 is 6.10 Å². The van der Waals surface area contributed by atoms with E-state index in [0.29, 0.717) is 18.0 Å². The molecule has 0 aromatic heterocycles. The second-order valence-electron chi connectivity index (χ2n) is 5.30. The minimum Gasteiger partial charge on any atom is -0.387 e. The fraction of sp³-hybridized carbons (Fsp3) is 0.294. The number of nitrogens with one attached hydrogen (secondary N) is 1. The van der Waals surface area contributed by atoms with Crippen molar-refractivity contribution < 1.29 is 9.50 Å². The van der Waals surface area contributed by atoms with Crippen LogP contribution in [0.25, 0.3) is 0 Å². The third-order valence-corrected chi connectivity index (χ3v) is 3.95. The van der Waals surface area contributed by atoms with Gasteiger partial charge < -0.3 is 10.4 Å². The fourth-order valence-electron chi connectivity index (χ4n) is 2.79. The topological polar surface area (TPSA) is 32.3 Å². The van der Waals surface area contributed by atoms with Crippen molar-refractivity contribution in [2.45, 2.75) is 18.4 Å². The highest BCUT2D eigenvalue weighted by molar-refractivity contribution is 5.40. The average molecular weight is 271 g/mol. The maximum Gasteiger partial charge on any atom is 0.129 e. The van der Waals surface area contributed by atoms with E-state index >= 15 is 0 Å². The molecule has 20 heavy (non-hydrogen) atoms. The van der Waals surface area contributed by atoms with Gasteiger partial charge in [-0.25, -0.2) is 4.39 Å². The standard InChI is InChI=1S/C17H18FNO/c18-16-8-4-3-7-15(16)17(20)11-19-10-13-9-12-5-1-2-6-14(12)13/h1-8,13,17,19-20H,9-11H2. The molecule has 0 aliphatic heterocycles. The van der Waals surface area contributed by atoms with Gasteiger partial charge in [0.15, 0.2) is 0 Å². The highest BCUT2D eigenvalue weighted by Crippen LogP contribution is 2.34. The van der Waals surface area contributed by atoms with Gasteiger partial charge in [-0.05, 0) is 23.6 Å². The van der Waals surface area contributed by atoms with Gasteiger partial charge in [0.2, 0.25) is 0 Å². The Balaban J connectivity index is 1.51. The van der Waals surface area contributed by atoms with Crippen LogP contribution in [0, 0.1) is 5.82 Å². The minimum atomic E-state index is -0.800. The summed E-state index contributed by atoms with van der Waals surface area (Å²) in [4.78, 5) is 0. The Morgan fingerprint density at radius 1 is 1.15 bits per heavy atom. The third kappa shape index (κ3) is 2.60. The Bertz CT molecular complexity index is 599. The molecule has 0 saturated carbocycles. The van der Waals surface area contributed by atoms with Crippen molar-refractivity contribution in [1.82, 2.24) is 5.32 Å². The number of halogens is 1. The third-order valence-electron chi connectivity index (χ3n) is 3.95. The Hall–Kier alpha value is -1.71. The maximum atomic E-state index is 13.5. The summed E-state index contributed by atoms with van der Waals surface area (Å²) in [5, 5.41) is 13.2. The molecule has 0 fully saturated rings. The molecule has 3 rings (SSSR count). The van der Waals surface area contributed by atoms with Gasteiger partial charge in [-0.1, -0.05) is 42.5 Å². The van der Waals surface area contributed by atoms with Crippen LogP contribution in [-0.4, -0.2) is 18.2 Å². The molecule has 2 unspecified atom stereocenters. The SMILES string of the molecule is OC(CNCC1Cc2ccccc21)c1ccccc1F. The summed E-state index contributed by atoms with van der Waals surface area (Å²) in [6.45, 7) is 1.20. The molecular weight excluding hydrogens is 253 g/mol. The van der Waals surface area contributed by atoms with E-state index in [2.05, 4.69) is 29.6 Å². The minimum absolute atomic E-state index is 0.351. The van der Waals surface area contributed by atoms with Crippen LogP contribution in [0.15, 0.2) is 48.5 Å². The molecule has 2 atom stereocenters. The maximum absolute atomic E-state index is 13.5. The number of hydrogen-bond donors (Lipinski definition) is 2. The first-order valence-corrected chi connectivity index (χ1v) is 6.96. The van der Waals surface area contributed by atoms with Crippen molar-refractivity contribution >= 4 is 0 Å². The Morgan fingerprint density at radius 3 is 2.70 bits per heavy atom. The van der Waals surface area contributed by atoms with E-state index in [1.165, 1.54) is 17.2 Å². The monoisotopic (exact) mass is 271 g/mol. The van der Waals surface area contributed by atoms with Gasteiger partial charge in [0.05, 0.1) is 6.10 Å². The van der Waals surface area contributed by atoms with E-state index in [9.17, 15) is 9.50 Å². The Kier molecular flexibility index (Phi) is 3.81. The summed E-state index contributed by atoms with van der Waals surface area (Å²) in [6, 6.07) is 14.8. The van der Waals surface area contributed by atoms with Gasteiger partial charge in [0.25, 0.3) is 0 Å². The first-order chi connectivity index (χ1) is 9.75. The van der Waals surface area contributed by atoms with E-state index in [-0.39, 0.29) is 5.82 Å². The summed E-state index contributed by atoms with van der Waals surface area (Å²) in [5.41, 5.74) is 3.16. The number of hydrogen-bond acceptors (Lipinski definition) is 2. The van der Waals surface area contributed by atoms with E-state index in [0.717, 1.165) is 13.0 Å². The first kappa shape index (κ1) is 13.3. The molecule has 0 spiro atoms. The Labute approximate surface area is 118 Å². The van der Waals surface area contributed by atoms with Gasteiger partial charge in [-0.3, -0.25) is 0 Å². The molecule has 0 heterocycles. The quantitative estimate of drug-likeness (QED) is 0.876. The van der Waals surface area contributed by atoms with Gasteiger partial charge in [0.1, 0.15) is 5.82 Å². The van der Waals surface area contributed by atoms with Gasteiger partial charge in [-0.15, -0.1) is 0 Å². The van der Waals surface area contributed by atoms with Crippen LogP contribution >= 0.6 is 0 Å². The summed E-state index contributed by atoms with van der Waals surface area (Å²) in [7, 11) is 0. The molecule has 1 aliphatic rings. The molecule has 2 aromatic carbocycles. The molecule has 104 valence electrons. The van der Waals surface area contributed by atoms with E-state index in [4.69, 9.17) is 0 Å². The lowest BCUT2D eigenvalue weighted by Crippen LogP contribution is -2.31. The number of aliphatic hydroxyl groups is 1. The predicted octanol–water partition coefficient (Wildman–Crippen LogP) is 2.79. The van der Waals surface area contributed by atoms with Crippen LogP contribution in [0.4, 0.5) is 4.39 Å². The van der Waals surface area contributed by atoms with Crippen LogP contribution in [0.1, 0.15) is 28.7 Å². The van der Waals surface area contributed by atoms with Crippen molar-refractivity contribution in [2.75, 3.05) is 13.1 Å². The van der Waals surface area contributed by atoms with Crippen LogP contribution in [0.2, 0.25) is 0 Å².